The van der Waals surface area contributed by atoms with E-state index < -0.39 is 0 Å². The highest BCUT2D eigenvalue weighted by Crippen LogP contribution is 2.29. The fraction of sp³-hybridized carbons (Fsp3) is 0.438. The van der Waals surface area contributed by atoms with E-state index in [9.17, 15) is 0 Å². The maximum atomic E-state index is 4.70. The summed E-state index contributed by atoms with van der Waals surface area (Å²) in [6.07, 6.45) is 0. The molecule has 0 radical (unpaired) electrons. The predicted octanol–water partition coefficient (Wildman–Crippen LogP) is 3.68. The molecular weight excluding hydrogens is 266 g/mol. The molecule has 1 heterocycles. The first-order chi connectivity index (χ1) is 9.47. The highest BCUT2D eigenvalue weighted by Gasteiger charge is 2.09. The molecule has 0 aliphatic carbocycles. The van der Waals surface area contributed by atoms with Crippen molar-refractivity contribution in [3.8, 4) is 10.6 Å². The minimum atomic E-state index is 0.499. The van der Waals surface area contributed by atoms with Gasteiger partial charge in [-0.2, -0.15) is 0 Å². The Bertz CT molecular complexity index is 556. The Labute approximate surface area is 125 Å². The van der Waals surface area contributed by atoms with Crippen molar-refractivity contribution in [2.45, 2.75) is 33.4 Å². The van der Waals surface area contributed by atoms with E-state index in [0.717, 1.165) is 17.2 Å². The van der Waals surface area contributed by atoms with Crippen molar-refractivity contribution in [3.05, 3.63) is 34.8 Å². The van der Waals surface area contributed by atoms with Gasteiger partial charge in [0.2, 0.25) is 0 Å². The third-order valence-corrected chi connectivity index (χ3v) is 4.40. The standard InChI is InChI=1S/C16H23N3S/c1-11(2)17-10-15-12(3)18-16(20-15)13-6-8-14(9-7-13)19(4)5/h6-9,11,17H,10H2,1-5H3. The molecule has 4 heteroatoms. The Balaban J connectivity index is 2.18. The molecule has 108 valence electrons. The van der Waals surface area contributed by atoms with Gasteiger partial charge < -0.3 is 10.2 Å². The number of hydrogen-bond donors (Lipinski definition) is 1. The molecule has 0 saturated carbocycles. The lowest BCUT2D eigenvalue weighted by Crippen LogP contribution is -2.21. The number of thiazole rings is 1. The molecule has 0 atom stereocenters. The van der Waals surface area contributed by atoms with Crippen molar-refractivity contribution in [1.82, 2.24) is 10.3 Å². The van der Waals surface area contributed by atoms with Crippen LogP contribution in [-0.4, -0.2) is 25.1 Å². The molecule has 20 heavy (non-hydrogen) atoms. The Kier molecular flexibility index (Phi) is 4.78. The van der Waals surface area contributed by atoms with Crippen LogP contribution in [0.5, 0.6) is 0 Å². The van der Waals surface area contributed by atoms with Gasteiger partial charge in [-0.05, 0) is 31.2 Å². The largest absolute Gasteiger partial charge is 0.378 e. The highest BCUT2D eigenvalue weighted by atomic mass is 32.1. The lowest BCUT2D eigenvalue weighted by Gasteiger charge is -2.11. The van der Waals surface area contributed by atoms with Crippen molar-refractivity contribution >= 4 is 17.0 Å². The van der Waals surface area contributed by atoms with Gasteiger partial charge in [0, 0.05) is 42.8 Å². The zero-order valence-corrected chi connectivity index (χ0v) is 13.7. The minimum Gasteiger partial charge on any atom is -0.378 e. The van der Waals surface area contributed by atoms with Crippen molar-refractivity contribution in [3.63, 3.8) is 0 Å². The van der Waals surface area contributed by atoms with Gasteiger partial charge >= 0.3 is 0 Å². The number of nitrogens with zero attached hydrogens (tertiary/aromatic N) is 2. The number of benzene rings is 1. The Morgan fingerprint density at radius 3 is 2.40 bits per heavy atom. The summed E-state index contributed by atoms with van der Waals surface area (Å²) < 4.78 is 0. The average molecular weight is 289 g/mol. The zero-order valence-electron chi connectivity index (χ0n) is 12.9. The second-order valence-electron chi connectivity index (χ2n) is 5.50. The summed E-state index contributed by atoms with van der Waals surface area (Å²) in [5, 5.41) is 4.56. The smallest absolute Gasteiger partial charge is 0.123 e. The second kappa shape index (κ2) is 6.37. The van der Waals surface area contributed by atoms with Crippen LogP contribution in [0.15, 0.2) is 24.3 Å². The minimum absolute atomic E-state index is 0.499. The average Bonchev–Trinajstić information content (AvgIpc) is 2.78. The first-order valence-corrected chi connectivity index (χ1v) is 7.76. The van der Waals surface area contributed by atoms with Crippen molar-refractivity contribution < 1.29 is 0 Å². The molecule has 1 N–H and O–H groups in total. The van der Waals surface area contributed by atoms with Gasteiger partial charge in [-0.3, -0.25) is 0 Å². The highest BCUT2D eigenvalue weighted by molar-refractivity contribution is 7.15. The summed E-state index contributed by atoms with van der Waals surface area (Å²) in [5.74, 6) is 0. The van der Waals surface area contributed by atoms with E-state index in [2.05, 4.69) is 69.3 Å². The summed E-state index contributed by atoms with van der Waals surface area (Å²) in [7, 11) is 4.11. The second-order valence-corrected chi connectivity index (χ2v) is 6.59. The van der Waals surface area contributed by atoms with Crippen LogP contribution in [0, 0.1) is 6.92 Å². The fourth-order valence-electron chi connectivity index (χ4n) is 1.91. The summed E-state index contributed by atoms with van der Waals surface area (Å²) in [4.78, 5) is 8.13. The van der Waals surface area contributed by atoms with Crippen LogP contribution >= 0.6 is 11.3 Å². The molecule has 0 spiro atoms. The van der Waals surface area contributed by atoms with Crippen LogP contribution in [-0.2, 0) is 6.54 Å². The van der Waals surface area contributed by atoms with E-state index in [-0.39, 0.29) is 0 Å². The quantitative estimate of drug-likeness (QED) is 0.910. The molecule has 1 aromatic carbocycles. The van der Waals surface area contributed by atoms with Crippen molar-refractivity contribution in [2.75, 3.05) is 19.0 Å². The molecule has 0 amide bonds. The lowest BCUT2D eigenvalue weighted by atomic mass is 10.2. The third kappa shape index (κ3) is 3.58. The maximum Gasteiger partial charge on any atom is 0.123 e. The Hall–Kier alpha value is -1.39. The van der Waals surface area contributed by atoms with Gasteiger partial charge in [-0.1, -0.05) is 13.8 Å². The topological polar surface area (TPSA) is 28.2 Å². The van der Waals surface area contributed by atoms with E-state index >= 15 is 0 Å². The number of anilines is 1. The van der Waals surface area contributed by atoms with Gasteiger partial charge in [0.15, 0.2) is 0 Å². The number of hydrogen-bond acceptors (Lipinski definition) is 4. The first kappa shape index (κ1) is 15.0. The first-order valence-electron chi connectivity index (χ1n) is 6.95. The van der Waals surface area contributed by atoms with Crippen LogP contribution in [0.2, 0.25) is 0 Å². The van der Waals surface area contributed by atoms with E-state index in [1.54, 1.807) is 11.3 Å². The van der Waals surface area contributed by atoms with Gasteiger partial charge in [0.1, 0.15) is 5.01 Å². The Morgan fingerprint density at radius 2 is 1.85 bits per heavy atom. The summed E-state index contributed by atoms with van der Waals surface area (Å²) >= 11 is 1.78. The van der Waals surface area contributed by atoms with Crippen LogP contribution in [0.1, 0.15) is 24.4 Å². The summed E-state index contributed by atoms with van der Waals surface area (Å²) in [6.45, 7) is 7.32. The molecule has 3 nitrogen and oxygen atoms in total. The Morgan fingerprint density at radius 1 is 1.20 bits per heavy atom. The maximum absolute atomic E-state index is 4.70. The molecule has 0 aliphatic heterocycles. The van der Waals surface area contributed by atoms with Gasteiger partial charge in [0.05, 0.1) is 5.69 Å². The van der Waals surface area contributed by atoms with Crippen LogP contribution < -0.4 is 10.2 Å². The summed E-state index contributed by atoms with van der Waals surface area (Å²) in [6, 6.07) is 9.07. The lowest BCUT2D eigenvalue weighted by molar-refractivity contribution is 0.591. The molecule has 0 bridgehead atoms. The van der Waals surface area contributed by atoms with Crippen molar-refractivity contribution in [2.24, 2.45) is 0 Å². The zero-order chi connectivity index (χ0) is 14.7. The fourth-order valence-corrected chi connectivity index (χ4v) is 2.93. The monoisotopic (exact) mass is 289 g/mol. The molecule has 0 saturated heterocycles. The van der Waals surface area contributed by atoms with E-state index in [4.69, 9.17) is 4.98 Å². The van der Waals surface area contributed by atoms with E-state index in [0.29, 0.717) is 6.04 Å². The van der Waals surface area contributed by atoms with E-state index in [1.807, 2.05) is 0 Å². The number of rotatable bonds is 5. The van der Waals surface area contributed by atoms with E-state index in [1.165, 1.54) is 16.1 Å². The number of aromatic nitrogens is 1. The molecule has 0 aliphatic rings. The number of nitrogens with one attached hydrogen (secondary N) is 1. The van der Waals surface area contributed by atoms with Crippen molar-refractivity contribution in [1.29, 1.82) is 0 Å². The molecule has 1 aromatic heterocycles. The predicted molar refractivity (Wildman–Crippen MR) is 88.6 cm³/mol. The van der Waals surface area contributed by atoms with Crippen LogP contribution in [0.3, 0.4) is 0 Å². The normalized spacial score (nSPS) is 11.1. The molecule has 2 rings (SSSR count). The molecule has 0 fully saturated rings. The number of aryl methyl sites for hydroxylation is 1. The van der Waals surface area contributed by atoms with Gasteiger partial charge in [-0.15, -0.1) is 11.3 Å². The van der Waals surface area contributed by atoms with Crippen LogP contribution in [0.25, 0.3) is 10.6 Å². The SMILES string of the molecule is Cc1nc(-c2ccc(N(C)C)cc2)sc1CNC(C)C. The van der Waals surface area contributed by atoms with Crippen LogP contribution in [0.4, 0.5) is 5.69 Å². The van der Waals surface area contributed by atoms with Gasteiger partial charge in [-0.25, -0.2) is 4.98 Å². The van der Waals surface area contributed by atoms with Gasteiger partial charge in [0.25, 0.3) is 0 Å². The summed E-state index contributed by atoms with van der Waals surface area (Å²) in [5.41, 5.74) is 3.54. The molecular formula is C16H23N3S. The third-order valence-electron chi connectivity index (χ3n) is 3.19. The molecule has 2 aromatic rings. The molecule has 0 unspecified atom stereocenters.